The third kappa shape index (κ3) is 2.33. The number of hydrogen-bond donors (Lipinski definition) is 1. The van der Waals surface area contributed by atoms with Crippen LogP contribution in [0.5, 0.6) is 0 Å². The number of ether oxygens (including phenoxy) is 1. The minimum absolute atomic E-state index is 0.160. The van der Waals surface area contributed by atoms with Gasteiger partial charge in [-0.1, -0.05) is 24.3 Å². The first-order valence-corrected chi connectivity index (χ1v) is 7.69. The molecule has 4 heteroatoms. The standard InChI is InChI=1S/C17H20N2O2/c20-17(16-10-19-7-3-5-13(19)11-21-16)15-9-18-8-12-4-1-2-6-14(12)15/h1-2,4,6,8-9,13,16-17,20H,3,5,7,10-11H2. The highest BCUT2D eigenvalue weighted by Crippen LogP contribution is 2.31. The molecule has 0 saturated carbocycles. The molecule has 2 saturated heterocycles. The Morgan fingerprint density at radius 3 is 3.14 bits per heavy atom. The van der Waals surface area contributed by atoms with E-state index in [0.717, 1.165) is 36.0 Å². The molecule has 3 unspecified atom stereocenters. The monoisotopic (exact) mass is 284 g/mol. The Labute approximate surface area is 124 Å². The normalized spacial score (nSPS) is 27.7. The first kappa shape index (κ1) is 13.2. The van der Waals surface area contributed by atoms with Crippen LogP contribution in [0.3, 0.4) is 0 Å². The molecular weight excluding hydrogens is 264 g/mol. The fourth-order valence-corrected chi connectivity index (χ4v) is 3.61. The van der Waals surface area contributed by atoms with Gasteiger partial charge < -0.3 is 9.84 Å². The first-order chi connectivity index (χ1) is 10.3. The Kier molecular flexibility index (Phi) is 3.37. The van der Waals surface area contributed by atoms with Crippen LogP contribution in [-0.4, -0.2) is 46.8 Å². The van der Waals surface area contributed by atoms with Crippen LogP contribution in [0.2, 0.25) is 0 Å². The van der Waals surface area contributed by atoms with Crippen LogP contribution in [0.15, 0.2) is 36.7 Å². The molecule has 4 nitrogen and oxygen atoms in total. The lowest BCUT2D eigenvalue weighted by Gasteiger charge is -2.37. The lowest BCUT2D eigenvalue weighted by Crippen LogP contribution is -2.48. The molecule has 2 aliphatic heterocycles. The molecule has 0 aliphatic carbocycles. The van der Waals surface area contributed by atoms with Crippen LogP contribution in [-0.2, 0) is 4.74 Å². The van der Waals surface area contributed by atoms with Gasteiger partial charge in [-0.15, -0.1) is 0 Å². The van der Waals surface area contributed by atoms with Gasteiger partial charge in [0.2, 0.25) is 0 Å². The largest absolute Gasteiger partial charge is 0.386 e. The van der Waals surface area contributed by atoms with E-state index in [-0.39, 0.29) is 6.10 Å². The zero-order valence-corrected chi connectivity index (χ0v) is 12.0. The molecule has 2 aromatic rings. The zero-order chi connectivity index (χ0) is 14.2. The Balaban J connectivity index is 1.62. The fourth-order valence-electron chi connectivity index (χ4n) is 3.61. The molecule has 0 bridgehead atoms. The maximum absolute atomic E-state index is 10.8. The summed E-state index contributed by atoms with van der Waals surface area (Å²) in [4.78, 5) is 6.72. The van der Waals surface area contributed by atoms with Crippen molar-refractivity contribution < 1.29 is 9.84 Å². The number of fused-ring (bicyclic) bond motifs is 2. The minimum Gasteiger partial charge on any atom is -0.386 e. The second-order valence-electron chi connectivity index (χ2n) is 6.06. The number of morpholine rings is 1. The van der Waals surface area contributed by atoms with E-state index in [9.17, 15) is 5.11 Å². The van der Waals surface area contributed by atoms with E-state index in [0.29, 0.717) is 6.04 Å². The molecule has 3 heterocycles. The zero-order valence-electron chi connectivity index (χ0n) is 12.0. The van der Waals surface area contributed by atoms with Crippen molar-refractivity contribution >= 4 is 10.8 Å². The Morgan fingerprint density at radius 1 is 1.29 bits per heavy atom. The van der Waals surface area contributed by atoms with E-state index in [2.05, 4.69) is 9.88 Å². The van der Waals surface area contributed by atoms with E-state index in [4.69, 9.17) is 4.74 Å². The summed E-state index contributed by atoms with van der Waals surface area (Å²) in [6, 6.07) is 8.61. The van der Waals surface area contributed by atoms with Gasteiger partial charge >= 0.3 is 0 Å². The number of benzene rings is 1. The van der Waals surface area contributed by atoms with Crippen molar-refractivity contribution in [2.75, 3.05) is 19.7 Å². The van der Waals surface area contributed by atoms with Gasteiger partial charge in [-0.2, -0.15) is 0 Å². The van der Waals surface area contributed by atoms with Gasteiger partial charge in [0.1, 0.15) is 12.2 Å². The van der Waals surface area contributed by atoms with E-state index < -0.39 is 6.10 Å². The smallest absolute Gasteiger partial charge is 0.108 e. The third-order valence-corrected chi connectivity index (χ3v) is 4.79. The van der Waals surface area contributed by atoms with Crippen molar-refractivity contribution in [1.29, 1.82) is 0 Å². The van der Waals surface area contributed by atoms with Crippen LogP contribution in [0.1, 0.15) is 24.5 Å². The van der Waals surface area contributed by atoms with Crippen molar-refractivity contribution in [2.24, 2.45) is 0 Å². The second-order valence-corrected chi connectivity index (χ2v) is 6.06. The number of rotatable bonds is 2. The minimum atomic E-state index is -0.620. The number of hydrogen-bond acceptors (Lipinski definition) is 4. The Morgan fingerprint density at radius 2 is 2.19 bits per heavy atom. The Bertz CT molecular complexity index is 640. The van der Waals surface area contributed by atoms with Crippen LogP contribution < -0.4 is 0 Å². The van der Waals surface area contributed by atoms with Crippen molar-refractivity contribution in [3.63, 3.8) is 0 Å². The third-order valence-electron chi connectivity index (χ3n) is 4.79. The molecular formula is C17H20N2O2. The first-order valence-electron chi connectivity index (χ1n) is 7.69. The lowest BCUT2D eigenvalue weighted by molar-refractivity contribution is -0.103. The summed E-state index contributed by atoms with van der Waals surface area (Å²) in [5.41, 5.74) is 0.871. The quantitative estimate of drug-likeness (QED) is 0.917. The molecule has 2 fully saturated rings. The molecule has 1 N–H and O–H groups in total. The van der Waals surface area contributed by atoms with Crippen LogP contribution in [0.25, 0.3) is 10.8 Å². The summed E-state index contributed by atoms with van der Waals surface area (Å²) in [5.74, 6) is 0. The van der Waals surface area contributed by atoms with E-state index in [1.54, 1.807) is 6.20 Å². The summed E-state index contributed by atoms with van der Waals surface area (Å²) in [5, 5.41) is 12.9. The number of pyridine rings is 1. The highest BCUT2D eigenvalue weighted by atomic mass is 16.5. The summed E-state index contributed by atoms with van der Waals surface area (Å²) in [7, 11) is 0. The van der Waals surface area contributed by atoms with Crippen molar-refractivity contribution in [3.8, 4) is 0 Å². The van der Waals surface area contributed by atoms with Gasteiger partial charge in [-0.25, -0.2) is 0 Å². The second kappa shape index (κ2) is 5.37. The van der Waals surface area contributed by atoms with Gasteiger partial charge in [-0.3, -0.25) is 9.88 Å². The van der Waals surface area contributed by atoms with Crippen molar-refractivity contribution in [2.45, 2.75) is 31.1 Å². The number of aliphatic hydroxyl groups is 1. The van der Waals surface area contributed by atoms with Crippen LogP contribution in [0.4, 0.5) is 0 Å². The molecule has 21 heavy (non-hydrogen) atoms. The van der Waals surface area contributed by atoms with Crippen LogP contribution >= 0.6 is 0 Å². The SMILES string of the molecule is OC(c1cncc2ccccc12)C1CN2CCCC2CO1. The molecule has 2 aliphatic rings. The molecule has 0 spiro atoms. The highest BCUT2D eigenvalue weighted by Gasteiger charge is 2.36. The van der Waals surface area contributed by atoms with Crippen molar-refractivity contribution in [1.82, 2.24) is 9.88 Å². The topological polar surface area (TPSA) is 45.6 Å². The van der Waals surface area contributed by atoms with Gasteiger partial charge in [0, 0.05) is 35.9 Å². The summed E-state index contributed by atoms with van der Waals surface area (Å²) >= 11 is 0. The number of aromatic nitrogens is 1. The predicted octanol–water partition coefficient (Wildman–Crippen LogP) is 2.13. The fraction of sp³-hybridized carbons (Fsp3) is 0.471. The maximum atomic E-state index is 10.8. The lowest BCUT2D eigenvalue weighted by atomic mass is 9.98. The van der Waals surface area contributed by atoms with Crippen molar-refractivity contribution in [3.05, 3.63) is 42.2 Å². The summed E-state index contributed by atoms with van der Waals surface area (Å²) in [6.07, 6.45) is 5.29. The highest BCUT2D eigenvalue weighted by molar-refractivity contribution is 5.84. The average Bonchev–Trinajstić information content (AvgIpc) is 3.01. The molecule has 1 aromatic heterocycles. The summed E-state index contributed by atoms with van der Waals surface area (Å²) < 4.78 is 5.94. The molecule has 1 aromatic carbocycles. The molecule has 4 rings (SSSR count). The number of aliphatic hydroxyl groups excluding tert-OH is 1. The summed E-state index contributed by atoms with van der Waals surface area (Å²) in [6.45, 7) is 2.68. The van der Waals surface area contributed by atoms with Gasteiger partial charge in [0.05, 0.1) is 6.61 Å². The van der Waals surface area contributed by atoms with Gasteiger partial charge in [0.25, 0.3) is 0 Å². The van der Waals surface area contributed by atoms with E-state index in [1.165, 1.54) is 12.8 Å². The predicted molar refractivity (Wildman–Crippen MR) is 81.0 cm³/mol. The van der Waals surface area contributed by atoms with Gasteiger partial charge in [0.15, 0.2) is 0 Å². The number of nitrogens with zero attached hydrogens (tertiary/aromatic N) is 2. The molecule has 3 atom stereocenters. The maximum Gasteiger partial charge on any atom is 0.108 e. The van der Waals surface area contributed by atoms with E-state index in [1.807, 2.05) is 30.5 Å². The van der Waals surface area contributed by atoms with Gasteiger partial charge in [-0.05, 0) is 24.8 Å². The molecule has 110 valence electrons. The average molecular weight is 284 g/mol. The Hall–Kier alpha value is -1.49. The molecule has 0 amide bonds. The van der Waals surface area contributed by atoms with Crippen LogP contribution in [0, 0.1) is 0 Å². The molecule has 0 radical (unpaired) electrons. The van der Waals surface area contributed by atoms with E-state index >= 15 is 0 Å².